The molecule has 0 saturated heterocycles. The number of aromatic amines is 1. The molecule has 0 radical (unpaired) electrons. The zero-order chi connectivity index (χ0) is 12.3. The molecule has 3 nitrogen and oxygen atoms in total. The van der Waals surface area contributed by atoms with Crippen molar-refractivity contribution in [3.05, 3.63) is 35.5 Å². The summed E-state index contributed by atoms with van der Waals surface area (Å²) in [6.07, 6.45) is 3.83. The second-order valence-electron chi connectivity index (χ2n) is 4.31. The first-order chi connectivity index (χ1) is 8.16. The van der Waals surface area contributed by atoms with Crippen LogP contribution in [-0.2, 0) is 16.0 Å². The van der Waals surface area contributed by atoms with Gasteiger partial charge in [0.1, 0.15) is 0 Å². The van der Waals surface area contributed by atoms with Crippen molar-refractivity contribution in [2.24, 2.45) is 0 Å². The van der Waals surface area contributed by atoms with Crippen LogP contribution in [0.1, 0.15) is 24.5 Å². The van der Waals surface area contributed by atoms with Crippen molar-refractivity contribution in [3.63, 3.8) is 0 Å². The van der Waals surface area contributed by atoms with Crippen LogP contribution in [-0.4, -0.2) is 17.6 Å². The number of benzene rings is 1. The quantitative estimate of drug-likeness (QED) is 0.649. The number of esters is 1. The van der Waals surface area contributed by atoms with Crippen molar-refractivity contribution in [1.29, 1.82) is 0 Å². The summed E-state index contributed by atoms with van der Waals surface area (Å²) in [5, 5.41) is 1.27. The molecule has 0 atom stereocenters. The van der Waals surface area contributed by atoms with Gasteiger partial charge < -0.3 is 9.72 Å². The zero-order valence-corrected chi connectivity index (χ0v) is 10.2. The van der Waals surface area contributed by atoms with Gasteiger partial charge in [0.15, 0.2) is 0 Å². The third-order valence-electron chi connectivity index (χ3n) is 2.82. The van der Waals surface area contributed by atoms with E-state index in [4.69, 9.17) is 4.74 Å². The lowest BCUT2D eigenvalue weighted by Gasteiger charge is -2.01. The molecular formula is C14H17NO2. The molecule has 0 aliphatic rings. The Kier molecular flexibility index (Phi) is 3.47. The molecule has 1 aromatic heterocycles. The van der Waals surface area contributed by atoms with Gasteiger partial charge in [-0.3, -0.25) is 4.79 Å². The number of hydrogen-bond donors (Lipinski definition) is 1. The molecule has 0 amide bonds. The molecule has 0 aliphatic carbocycles. The van der Waals surface area contributed by atoms with E-state index in [1.807, 2.05) is 6.20 Å². The summed E-state index contributed by atoms with van der Waals surface area (Å²) in [5.74, 6) is -0.209. The van der Waals surface area contributed by atoms with E-state index in [0.29, 0.717) is 6.61 Å². The van der Waals surface area contributed by atoms with E-state index in [1.54, 1.807) is 0 Å². The van der Waals surface area contributed by atoms with Crippen molar-refractivity contribution in [3.8, 4) is 0 Å². The van der Waals surface area contributed by atoms with Crippen molar-refractivity contribution < 1.29 is 9.53 Å². The number of hydrogen-bond acceptors (Lipinski definition) is 2. The molecule has 0 unspecified atom stereocenters. The molecule has 2 rings (SSSR count). The second kappa shape index (κ2) is 5.04. The largest absolute Gasteiger partial charge is 0.466 e. The average molecular weight is 231 g/mol. The summed E-state index contributed by atoms with van der Waals surface area (Å²) in [5.41, 5.74) is 3.72. The predicted octanol–water partition coefficient (Wildman–Crippen LogP) is 2.97. The van der Waals surface area contributed by atoms with Crippen LogP contribution in [0.3, 0.4) is 0 Å². The summed E-state index contributed by atoms with van der Waals surface area (Å²) in [6, 6.07) is 6.38. The Balaban J connectivity index is 2.03. The van der Waals surface area contributed by atoms with Gasteiger partial charge in [0.2, 0.25) is 0 Å². The van der Waals surface area contributed by atoms with Gasteiger partial charge in [0.25, 0.3) is 0 Å². The highest BCUT2D eigenvalue weighted by atomic mass is 16.5. The highest BCUT2D eigenvalue weighted by Gasteiger charge is 2.03. The Bertz CT molecular complexity index is 528. The molecule has 0 spiro atoms. The van der Waals surface area contributed by atoms with E-state index < -0.39 is 0 Å². The lowest BCUT2D eigenvalue weighted by atomic mass is 10.1. The topological polar surface area (TPSA) is 42.1 Å². The van der Waals surface area contributed by atoms with Crippen molar-refractivity contribution in [2.45, 2.75) is 26.7 Å². The molecule has 2 aromatic rings. The monoisotopic (exact) mass is 231 g/mol. The smallest absolute Gasteiger partial charge is 0.302 e. The van der Waals surface area contributed by atoms with Crippen LogP contribution < -0.4 is 0 Å². The number of nitrogens with one attached hydrogen (secondary N) is 1. The fourth-order valence-corrected chi connectivity index (χ4v) is 1.98. The van der Waals surface area contributed by atoms with Crippen molar-refractivity contribution in [2.75, 3.05) is 6.61 Å². The number of carbonyl (C=O) groups excluding carboxylic acids is 1. The molecule has 0 saturated carbocycles. The summed E-state index contributed by atoms with van der Waals surface area (Å²) in [6.45, 7) is 4.03. The van der Waals surface area contributed by atoms with Crippen LogP contribution in [0.15, 0.2) is 24.4 Å². The number of rotatable bonds is 4. The Morgan fingerprint density at radius 1 is 1.41 bits per heavy atom. The van der Waals surface area contributed by atoms with Gasteiger partial charge in [0, 0.05) is 24.0 Å². The molecule has 0 bridgehead atoms. The van der Waals surface area contributed by atoms with Crippen molar-refractivity contribution >= 4 is 16.9 Å². The summed E-state index contributed by atoms with van der Waals surface area (Å²) in [4.78, 5) is 13.9. The van der Waals surface area contributed by atoms with Crippen LogP contribution in [0.5, 0.6) is 0 Å². The van der Waals surface area contributed by atoms with E-state index in [9.17, 15) is 4.79 Å². The number of H-pyrrole nitrogens is 1. The molecule has 1 N–H and O–H groups in total. The maximum absolute atomic E-state index is 10.6. The van der Waals surface area contributed by atoms with E-state index in [0.717, 1.165) is 18.4 Å². The van der Waals surface area contributed by atoms with Gasteiger partial charge in [0.05, 0.1) is 6.61 Å². The molecular weight excluding hydrogens is 214 g/mol. The first-order valence-corrected chi connectivity index (χ1v) is 5.87. The van der Waals surface area contributed by atoms with Gasteiger partial charge in [-0.15, -0.1) is 0 Å². The Morgan fingerprint density at radius 3 is 3.00 bits per heavy atom. The van der Waals surface area contributed by atoms with Gasteiger partial charge in [-0.1, -0.05) is 11.6 Å². The Hall–Kier alpha value is -1.77. The van der Waals surface area contributed by atoms with Crippen LogP contribution in [0.25, 0.3) is 10.9 Å². The highest BCUT2D eigenvalue weighted by molar-refractivity contribution is 5.83. The molecule has 0 aliphatic heterocycles. The average Bonchev–Trinajstić information content (AvgIpc) is 2.67. The van der Waals surface area contributed by atoms with E-state index in [1.165, 1.54) is 23.4 Å². The van der Waals surface area contributed by atoms with Crippen LogP contribution >= 0.6 is 0 Å². The van der Waals surface area contributed by atoms with Crippen LogP contribution in [0, 0.1) is 6.92 Å². The first kappa shape index (κ1) is 11.7. The third-order valence-corrected chi connectivity index (χ3v) is 2.82. The van der Waals surface area contributed by atoms with Crippen LogP contribution in [0.2, 0.25) is 0 Å². The van der Waals surface area contributed by atoms with Crippen molar-refractivity contribution in [1.82, 2.24) is 4.98 Å². The molecule has 3 heteroatoms. The van der Waals surface area contributed by atoms with Gasteiger partial charge in [-0.05, 0) is 37.5 Å². The lowest BCUT2D eigenvalue weighted by molar-refractivity contribution is -0.141. The number of carbonyl (C=O) groups is 1. The summed E-state index contributed by atoms with van der Waals surface area (Å²) < 4.78 is 4.93. The second-order valence-corrected chi connectivity index (χ2v) is 4.31. The lowest BCUT2D eigenvalue weighted by Crippen LogP contribution is -2.01. The standard InChI is InChI=1S/C14H17NO2/c1-10-5-6-14-13(8-10)12(9-15-14)4-3-7-17-11(2)16/h5-6,8-9,15H,3-4,7H2,1-2H3. The number of fused-ring (bicyclic) bond motifs is 1. The SMILES string of the molecule is CC(=O)OCCCc1c[nH]c2ccc(C)cc12. The number of ether oxygens (including phenoxy) is 1. The minimum atomic E-state index is -0.209. The minimum Gasteiger partial charge on any atom is -0.466 e. The molecule has 90 valence electrons. The summed E-state index contributed by atoms with van der Waals surface area (Å²) >= 11 is 0. The van der Waals surface area contributed by atoms with Crippen LogP contribution in [0.4, 0.5) is 0 Å². The fourth-order valence-electron chi connectivity index (χ4n) is 1.98. The Morgan fingerprint density at radius 2 is 2.24 bits per heavy atom. The Labute approximate surface area is 101 Å². The molecule has 1 heterocycles. The maximum atomic E-state index is 10.6. The number of aromatic nitrogens is 1. The zero-order valence-electron chi connectivity index (χ0n) is 10.2. The third kappa shape index (κ3) is 2.87. The molecule has 17 heavy (non-hydrogen) atoms. The van der Waals surface area contributed by atoms with Gasteiger partial charge in [-0.2, -0.15) is 0 Å². The molecule has 0 fully saturated rings. The van der Waals surface area contributed by atoms with E-state index >= 15 is 0 Å². The van der Waals surface area contributed by atoms with E-state index in [2.05, 4.69) is 30.1 Å². The van der Waals surface area contributed by atoms with Gasteiger partial charge >= 0.3 is 5.97 Å². The number of aryl methyl sites for hydroxylation is 2. The van der Waals surface area contributed by atoms with E-state index in [-0.39, 0.29) is 5.97 Å². The fraction of sp³-hybridized carbons (Fsp3) is 0.357. The predicted molar refractivity (Wildman–Crippen MR) is 68.0 cm³/mol. The molecule has 1 aromatic carbocycles. The highest BCUT2D eigenvalue weighted by Crippen LogP contribution is 2.20. The van der Waals surface area contributed by atoms with Gasteiger partial charge in [-0.25, -0.2) is 0 Å². The normalized spacial score (nSPS) is 10.7. The first-order valence-electron chi connectivity index (χ1n) is 5.87. The minimum absolute atomic E-state index is 0.209. The summed E-state index contributed by atoms with van der Waals surface area (Å²) in [7, 11) is 0. The maximum Gasteiger partial charge on any atom is 0.302 e.